The minimum Gasteiger partial charge on any atom is -0.349 e. The lowest BCUT2D eigenvalue weighted by Gasteiger charge is -2.28. The van der Waals surface area contributed by atoms with Gasteiger partial charge in [-0.25, -0.2) is 0 Å². The van der Waals surface area contributed by atoms with Crippen molar-refractivity contribution < 1.29 is 4.79 Å². The number of nitrogens with one attached hydrogen (secondary N) is 1. The molecule has 2 bridgehead atoms. The van der Waals surface area contributed by atoms with Crippen molar-refractivity contribution >= 4 is 5.91 Å². The van der Waals surface area contributed by atoms with E-state index in [1.54, 1.807) is 0 Å². The summed E-state index contributed by atoms with van der Waals surface area (Å²) in [7, 11) is 0. The molecule has 1 heterocycles. The van der Waals surface area contributed by atoms with Crippen molar-refractivity contribution in [1.82, 2.24) is 10.2 Å². The summed E-state index contributed by atoms with van der Waals surface area (Å²) in [6.07, 6.45) is 6.30. The van der Waals surface area contributed by atoms with Gasteiger partial charge in [0.15, 0.2) is 0 Å². The van der Waals surface area contributed by atoms with Crippen LogP contribution in [0.1, 0.15) is 52.7 Å². The fraction of sp³-hybridized carbons (Fsp3) is 0.458. The highest BCUT2D eigenvalue weighted by Gasteiger charge is 2.40. The summed E-state index contributed by atoms with van der Waals surface area (Å²) < 4.78 is 0. The Morgan fingerprint density at radius 2 is 1.81 bits per heavy atom. The maximum Gasteiger partial charge on any atom is 0.251 e. The van der Waals surface area contributed by atoms with Gasteiger partial charge in [-0.05, 0) is 66.3 Å². The summed E-state index contributed by atoms with van der Waals surface area (Å²) in [5, 5.41) is 3.29. The molecule has 0 unspecified atom stereocenters. The number of benzene rings is 2. The van der Waals surface area contributed by atoms with Crippen molar-refractivity contribution in [3.8, 4) is 0 Å². The molecule has 3 aliphatic rings. The number of carbonyl (C=O) groups excluding carboxylic acids is 1. The summed E-state index contributed by atoms with van der Waals surface area (Å²) in [5.41, 5.74) is 5.02. The average Bonchev–Trinajstić information content (AvgIpc) is 3.31. The third-order valence-electron chi connectivity index (χ3n) is 6.89. The van der Waals surface area contributed by atoms with Crippen LogP contribution in [0.2, 0.25) is 0 Å². The minimum absolute atomic E-state index is 0.103. The molecule has 1 aliphatic heterocycles. The second-order valence-electron chi connectivity index (χ2n) is 8.68. The molecule has 0 spiro atoms. The monoisotopic (exact) mass is 360 g/mol. The van der Waals surface area contributed by atoms with Crippen LogP contribution in [0.15, 0.2) is 48.5 Å². The molecule has 0 aromatic heterocycles. The van der Waals surface area contributed by atoms with Crippen LogP contribution in [-0.4, -0.2) is 23.4 Å². The molecular formula is C24H28N2O. The Morgan fingerprint density at radius 1 is 1.00 bits per heavy atom. The van der Waals surface area contributed by atoms with Gasteiger partial charge in [-0.15, -0.1) is 0 Å². The third kappa shape index (κ3) is 3.53. The normalized spacial score (nSPS) is 26.7. The van der Waals surface area contributed by atoms with Gasteiger partial charge >= 0.3 is 0 Å². The van der Waals surface area contributed by atoms with Crippen LogP contribution in [0.25, 0.3) is 0 Å². The van der Waals surface area contributed by atoms with Gasteiger partial charge in [0, 0.05) is 31.2 Å². The molecule has 1 amide bonds. The van der Waals surface area contributed by atoms with Crippen molar-refractivity contribution in [2.24, 2.45) is 11.8 Å². The summed E-state index contributed by atoms with van der Waals surface area (Å²) in [4.78, 5) is 15.1. The Kier molecular flexibility index (Phi) is 4.48. The van der Waals surface area contributed by atoms with E-state index >= 15 is 0 Å². The smallest absolute Gasteiger partial charge is 0.251 e. The molecule has 140 valence electrons. The Balaban J connectivity index is 1.19. The average molecular weight is 361 g/mol. The molecule has 2 aliphatic carbocycles. The molecule has 27 heavy (non-hydrogen) atoms. The first-order valence-corrected chi connectivity index (χ1v) is 10.4. The lowest BCUT2D eigenvalue weighted by molar-refractivity contribution is 0.0923. The summed E-state index contributed by atoms with van der Waals surface area (Å²) >= 11 is 0. The van der Waals surface area contributed by atoms with E-state index in [1.165, 1.54) is 42.4 Å². The van der Waals surface area contributed by atoms with Crippen LogP contribution < -0.4 is 5.32 Å². The number of hydrogen-bond donors (Lipinski definition) is 1. The molecule has 2 aromatic rings. The van der Waals surface area contributed by atoms with E-state index in [0.717, 1.165) is 43.5 Å². The summed E-state index contributed by atoms with van der Waals surface area (Å²) in [6, 6.07) is 17.4. The molecule has 0 radical (unpaired) electrons. The highest BCUT2D eigenvalue weighted by Crippen LogP contribution is 2.44. The van der Waals surface area contributed by atoms with Crippen molar-refractivity contribution in [1.29, 1.82) is 0 Å². The third-order valence-corrected chi connectivity index (χ3v) is 6.89. The summed E-state index contributed by atoms with van der Waals surface area (Å²) in [5.74, 6) is 1.68. The van der Waals surface area contributed by atoms with Crippen LogP contribution in [0.5, 0.6) is 0 Å². The predicted octanol–water partition coefficient (Wildman–Crippen LogP) is 4.16. The zero-order valence-electron chi connectivity index (χ0n) is 15.9. The number of rotatable bonds is 4. The molecule has 1 N–H and O–H groups in total. The van der Waals surface area contributed by atoms with Crippen LogP contribution in [-0.2, 0) is 19.5 Å². The van der Waals surface area contributed by atoms with Gasteiger partial charge in [0.05, 0.1) is 0 Å². The molecular weight excluding hydrogens is 332 g/mol. The van der Waals surface area contributed by atoms with E-state index in [9.17, 15) is 4.79 Å². The molecule has 2 saturated carbocycles. The van der Waals surface area contributed by atoms with Gasteiger partial charge in [0.2, 0.25) is 0 Å². The van der Waals surface area contributed by atoms with Gasteiger partial charge < -0.3 is 5.32 Å². The van der Waals surface area contributed by atoms with E-state index < -0.39 is 0 Å². The number of fused-ring (bicyclic) bond motifs is 3. The predicted molar refractivity (Wildman–Crippen MR) is 107 cm³/mol. The zero-order valence-corrected chi connectivity index (χ0v) is 15.9. The van der Waals surface area contributed by atoms with Gasteiger partial charge in [-0.3, -0.25) is 9.69 Å². The first kappa shape index (κ1) is 17.0. The fourth-order valence-electron chi connectivity index (χ4n) is 5.38. The quantitative estimate of drug-likeness (QED) is 0.888. The fourth-order valence-corrected chi connectivity index (χ4v) is 5.38. The SMILES string of the molecule is O=C(N[C@H]1C[C@@H]2CC[C@H]1C2)c1ccc(CN2CCc3ccccc3C2)cc1. The van der Waals surface area contributed by atoms with Crippen LogP contribution in [0, 0.1) is 11.8 Å². The molecule has 2 aromatic carbocycles. The first-order valence-electron chi connectivity index (χ1n) is 10.4. The number of amides is 1. The topological polar surface area (TPSA) is 32.3 Å². The van der Waals surface area contributed by atoms with Crippen molar-refractivity contribution in [2.75, 3.05) is 6.54 Å². The van der Waals surface area contributed by atoms with E-state index in [-0.39, 0.29) is 5.91 Å². The van der Waals surface area contributed by atoms with Gasteiger partial charge in [0.25, 0.3) is 5.91 Å². The molecule has 3 atom stereocenters. The highest BCUT2D eigenvalue weighted by atomic mass is 16.1. The molecule has 5 rings (SSSR count). The minimum atomic E-state index is 0.103. The molecule has 0 saturated heterocycles. The molecule has 3 heteroatoms. The van der Waals surface area contributed by atoms with Crippen LogP contribution >= 0.6 is 0 Å². The Labute approximate surface area is 161 Å². The van der Waals surface area contributed by atoms with E-state index in [4.69, 9.17) is 0 Å². The number of carbonyl (C=O) groups is 1. The second-order valence-corrected chi connectivity index (χ2v) is 8.68. The number of hydrogen-bond acceptors (Lipinski definition) is 2. The maximum atomic E-state index is 12.6. The highest BCUT2D eigenvalue weighted by molar-refractivity contribution is 5.94. The largest absolute Gasteiger partial charge is 0.349 e. The standard InChI is InChI=1S/C24H28N2O/c27-24(25-23-14-18-7-10-21(23)13-18)20-8-5-17(6-9-20)15-26-12-11-19-3-1-2-4-22(19)16-26/h1-6,8-9,18,21,23H,7,10-16H2,(H,25,27)/t18-,21+,23+/m1/s1. The van der Waals surface area contributed by atoms with E-state index in [1.807, 2.05) is 12.1 Å². The second kappa shape index (κ2) is 7.12. The van der Waals surface area contributed by atoms with E-state index in [2.05, 4.69) is 46.6 Å². The van der Waals surface area contributed by atoms with Crippen molar-refractivity contribution in [3.63, 3.8) is 0 Å². The first-order chi connectivity index (χ1) is 13.2. The maximum absolute atomic E-state index is 12.6. The lowest BCUT2D eigenvalue weighted by atomic mass is 9.95. The van der Waals surface area contributed by atoms with E-state index in [0.29, 0.717) is 6.04 Å². The Hall–Kier alpha value is -2.13. The van der Waals surface area contributed by atoms with Gasteiger partial charge in [-0.2, -0.15) is 0 Å². The van der Waals surface area contributed by atoms with Crippen LogP contribution in [0.4, 0.5) is 0 Å². The Bertz CT molecular complexity index is 829. The molecule has 3 nitrogen and oxygen atoms in total. The van der Waals surface area contributed by atoms with Crippen molar-refractivity contribution in [3.05, 3.63) is 70.8 Å². The number of nitrogens with zero attached hydrogens (tertiary/aromatic N) is 1. The lowest BCUT2D eigenvalue weighted by Crippen LogP contribution is -2.38. The Morgan fingerprint density at radius 3 is 2.56 bits per heavy atom. The zero-order chi connectivity index (χ0) is 18.2. The van der Waals surface area contributed by atoms with Crippen molar-refractivity contribution in [2.45, 2.75) is 51.2 Å². The van der Waals surface area contributed by atoms with Gasteiger partial charge in [0.1, 0.15) is 0 Å². The van der Waals surface area contributed by atoms with Gasteiger partial charge in [-0.1, -0.05) is 42.8 Å². The molecule has 2 fully saturated rings. The van der Waals surface area contributed by atoms with Crippen LogP contribution in [0.3, 0.4) is 0 Å². The summed E-state index contributed by atoms with van der Waals surface area (Å²) in [6.45, 7) is 3.06.